The Morgan fingerprint density at radius 1 is 1.33 bits per heavy atom. The van der Waals surface area contributed by atoms with E-state index in [-0.39, 0.29) is 12.6 Å². The zero-order valence-corrected chi connectivity index (χ0v) is 11.9. The summed E-state index contributed by atoms with van der Waals surface area (Å²) in [6, 6.07) is 7.73. The fourth-order valence-corrected chi connectivity index (χ4v) is 2.51. The number of rotatable bonds is 2. The van der Waals surface area contributed by atoms with Gasteiger partial charge in [-0.2, -0.15) is 0 Å². The van der Waals surface area contributed by atoms with Crippen molar-refractivity contribution >= 4 is 34.4 Å². The Morgan fingerprint density at radius 3 is 2.56 bits per heavy atom. The van der Waals surface area contributed by atoms with Gasteiger partial charge in [0.2, 0.25) is 0 Å². The molecule has 1 heterocycles. The van der Waals surface area contributed by atoms with E-state index < -0.39 is 6.09 Å². The molecule has 1 aromatic carbocycles. The number of aliphatic hydroxyl groups excluding tert-OH is 1. The first-order valence-electron chi connectivity index (χ1n) is 5.72. The van der Waals surface area contributed by atoms with Crippen molar-refractivity contribution in [3.63, 3.8) is 0 Å². The number of carbonyl (C=O) groups is 1. The van der Waals surface area contributed by atoms with Crippen LogP contribution in [0.25, 0.3) is 0 Å². The molecule has 18 heavy (non-hydrogen) atoms. The highest BCUT2D eigenvalue weighted by molar-refractivity contribution is 14.1. The summed E-state index contributed by atoms with van der Waals surface area (Å²) >= 11 is 2.25. The third-order valence-electron chi connectivity index (χ3n) is 3.13. The van der Waals surface area contributed by atoms with E-state index in [4.69, 9.17) is 5.11 Å². The van der Waals surface area contributed by atoms with Crippen molar-refractivity contribution in [2.24, 2.45) is 0 Å². The maximum Gasteiger partial charge on any atom is 0.407 e. The molecular weight excluding hydrogens is 347 g/mol. The molecular formula is C12H15IN2O3. The Labute approximate surface area is 119 Å². The van der Waals surface area contributed by atoms with Crippen LogP contribution in [0.5, 0.6) is 0 Å². The zero-order chi connectivity index (χ0) is 13.1. The van der Waals surface area contributed by atoms with Crippen LogP contribution in [-0.4, -0.2) is 53.5 Å². The highest BCUT2D eigenvalue weighted by Gasteiger charge is 2.29. The monoisotopic (exact) mass is 362 g/mol. The fraction of sp³-hybridized carbons (Fsp3) is 0.417. The maximum atomic E-state index is 11.0. The van der Waals surface area contributed by atoms with Crippen molar-refractivity contribution in [3.05, 3.63) is 27.8 Å². The van der Waals surface area contributed by atoms with E-state index in [1.54, 1.807) is 0 Å². The van der Waals surface area contributed by atoms with Crippen molar-refractivity contribution in [1.29, 1.82) is 0 Å². The zero-order valence-electron chi connectivity index (χ0n) is 9.79. The van der Waals surface area contributed by atoms with E-state index in [1.807, 2.05) is 24.3 Å². The predicted octanol–water partition coefficient (Wildman–Crippen LogP) is 1.45. The minimum atomic E-state index is -0.962. The van der Waals surface area contributed by atoms with E-state index in [0.717, 1.165) is 5.69 Å². The minimum Gasteiger partial charge on any atom is -0.465 e. The third kappa shape index (κ3) is 2.86. The molecule has 0 spiro atoms. The highest BCUT2D eigenvalue weighted by Crippen LogP contribution is 2.20. The van der Waals surface area contributed by atoms with Crippen molar-refractivity contribution in [2.45, 2.75) is 6.04 Å². The number of carboxylic acid groups (broad SMARTS) is 1. The average molecular weight is 362 g/mol. The van der Waals surface area contributed by atoms with Gasteiger partial charge in [-0.05, 0) is 46.9 Å². The molecule has 1 amide bonds. The highest BCUT2D eigenvalue weighted by atomic mass is 127. The lowest BCUT2D eigenvalue weighted by Gasteiger charge is -2.40. The van der Waals surface area contributed by atoms with Crippen LogP contribution in [0.1, 0.15) is 0 Å². The predicted molar refractivity (Wildman–Crippen MR) is 77.0 cm³/mol. The largest absolute Gasteiger partial charge is 0.465 e. The van der Waals surface area contributed by atoms with E-state index >= 15 is 0 Å². The summed E-state index contributed by atoms with van der Waals surface area (Å²) in [5.41, 5.74) is 1.07. The van der Waals surface area contributed by atoms with E-state index in [0.29, 0.717) is 19.6 Å². The summed E-state index contributed by atoms with van der Waals surface area (Å²) in [7, 11) is 0. The van der Waals surface area contributed by atoms with Crippen LogP contribution in [0, 0.1) is 3.57 Å². The average Bonchev–Trinajstić information content (AvgIpc) is 2.38. The first kappa shape index (κ1) is 13.4. The lowest BCUT2D eigenvalue weighted by atomic mass is 10.1. The molecule has 5 nitrogen and oxygen atoms in total. The number of aliphatic hydroxyl groups is 1. The van der Waals surface area contributed by atoms with Crippen molar-refractivity contribution < 1.29 is 15.0 Å². The number of anilines is 1. The molecule has 1 fully saturated rings. The molecule has 6 heteroatoms. The molecule has 1 unspecified atom stereocenters. The van der Waals surface area contributed by atoms with Gasteiger partial charge < -0.3 is 15.1 Å². The third-order valence-corrected chi connectivity index (χ3v) is 3.85. The topological polar surface area (TPSA) is 64.0 Å². The molecule has 0 bridgehead atoms. The van der Waals surface area contributed by atoms with Gasteiger partial charge in [0.05, 0.1) is 12.6 Å². The van der Waals surface area contributed by atoms with Crippen LogP contribution in [0.2, 0.25) is 0 Å². The standard InChI is InChI=1S/C12H15IN2O3/c13-9-1-3-10(4-2-9)14-5-6-15(12(17)18)11(7-14)8-16/h1-4,11,16H,5-8H2,(H,17,18). The van der Waals surface area contributed by atoms with Crippen molar-refractivity contribution in [2.75, 3.05) is 31.1 Å². The van der Waals surface area contributed by atoms with Crippen LogP contribution >= 0.6 is 22.6 Å². The number of nitrogens with zero attached hydrogens (tertiary/aromatic N) is 2. The smallest absolute Gasteiger partial charge is 0.407 e. The van der Waals surface area contributed by atoms with Gasteiger partial charge in [0, 0.05) is 28.9 Å². The summed E-state index contributed by atoms with van der Waals surface area (Å²) in [6.45, 7) is 1.46. The number of halogens is 1. The summed E-state index contributed by atoms with van der Waals surface area (Å²) < 4.78 is 1.17. The van der Waals surface area contributed by atoms with E-state index in [9.17, 15) is 9.90 Å². The van der Waals surface area contributed by atoms with Crippen LogP contribution in [-0.2, 0) is 0 Å². The van der Waals surface area contributed by atoms with Crippen LogP contribution in [0.3, 0.4) is 0 Å². The number of amides is 1. The molecule has 1 atom stereocenters. The number of piperazine rings is 1. The molecule has 0 aliphatic carbocycles. The van der Waals surface area contributed by atoms with Crippen LogP contribution < -0.4 is 4.90 Å². The molecule has 2 rings (SSSR count). The number of hydrogen-bond donors (Lipinski definition) is 2. The maximum absolute atomic E-state index is 11.0. The summed E-state index contributed by atoms with van der Waals surface area (Å²) in [5, 5.41) is 18.3. The molecule has 0 aromatic heterocycles. The molecule has 1 aromatic rings. The quantitative estimate of drug-likeness (QED) is 0.782. The van der Waals surface area contributed by atoms with E-state index in [1.165, 1.54) is 8.47 Å². The first-order chi connectivity index (χ1) is 8.61. The first-order valence-corrected chi connectivity index (χ1v) is 6.80. The SMILES string of the molecule is O=C(O)N1CCN(c2ccc(I)cc2)CC1CO. The summed E-state index contributed by atoms with van der Waals surface area (Å²) in [5.74, 6) is 0. The Hall–Kier alpha value is -1.02. The van der Waals surface area contributed by atoms with E-state index in [2.05, 4.69) is 27.5 Å². The lowest BCUT2D eigenvalue weighted by Crippen LogP contribution is -2.56. The summed E-state index contributed by atoms with van der Waals surface area (Å²) in [4.78, 5) is 14.4. The molecule has 1 aliphatic heterocycles. The molecule has 98 valence electrons. The minimum absolute atomic E-state index is 0.146. The second kappa shape index (κ2) is 5.75. The van der Waals surface area contributed by atoms with Gasteiger partial charge in [0.1, 0.15) is 0 Å². The molecule has 1 saturated heterocycles. The van der Waals surface area contributed by atoms with Crippen molar-refractivity contribution in [3.8, 4) is 0 Å². The van der Waals surface area contributed by atoms with Crippen LogP contribution in [0.15, 0.2) is 24.3 Å². The Bertz CT molecular complexity index is 424. The van der Waals surface area contributed by atoms with Gasteiger partial charge >= 0.3 is 6.09 Å². The van der Waals surface area contributed by atoms with Crippen molar-refractivity contribution in [1.82, 2.24) is 4.90 Å². The van der Waals surface area contributed by atoms with Gasteiger partial charge in [-0.1, -0.05) is 0 Å². The lowest BCUT2D eigenvalue weighted by molar-refractivity contribution is 0.0910. The Morgan fingerprint density at radius 2 is 2.00 bits per heavy atom. The summed E-state index contributed by atoms with van der Waals surface area (Å²) in [6.07, 6.45) is -0.962. The molecule has 1 aliphatic rings. The van der Waals surface area contributed by atoms with Gasteiger partial charge in [-0.15, -0.1) is 0 Å². The van der Waals surface area contributed by atoms with Gasteiger partial charge in [0.15, 0.2) is 0 Å². The molecule has 0 saturated carbocycles. The Balaban J connectivity index is 2.09. The second-order valence-corrected chi connectivity index (χ2v) is 5.48. The van der Waals surface area contributed by atoms with Crippen LogP contribution in [0.4, 0.5) is 10.5 Å². The molecule has 0 radical (unpaired) electrons. The Kier molecular flexibility index (Phi) is 4.28. The second-order valence-electron chi connectivity index (χ2n) is 4.23. The number of benzene rings is 1. The fourth-order valence-electron chi connectivity index (χ4n) is 2.15. The van der Waals surface area contributed by atoms with Gasteiger partial charge in [-0.3, -0.25) is 4.90 Å². The molecule has 2 N–H and O–H groups in total. The number of hydrogen-bond acceptors (Lipinski definition) is 3. The normalized spacial score (nSPS) is 20.0. The van der Waals surface area contributed by atoms with Gasteiger partial charge in [0.25, 0.3) is 0 Å². The van der Waals surface area contributed by atoms with Gasteiger partial charge in [-0.25, -0.2) is 4.79 Å².